The van der Waals surface area contributed by atoms with Crippen LogP contribution in [0.4, 0.5) is 4.39 Å². The summed E-state index contributed by atoms with van der Waals surface area (Å²) in [7, 11) is 1.52. The lowest BCUT2D eigenvalue weighted by atomic mass is 10.1. The van der Waals surface area contributed by atoms with Crippen molar-refractivity contribution < 1.29 is 9.18 Å². The molecule has 1 saturated heterocycles. The van der Waals surface area contributed by atoms with Crippen molar-refractivity contribution in [3.8, 4) is 0 Å². The fourth-order valence-electron chi connectivity index (χ4n) is 4.00. The average Bonchev–Trinajstić information content (AvgIpc) is 2.74. The molecule has 2 aromatic heterocycles. The van der Waals surface area contributed by atoms with Crippen LogP contribution in [-0.4, -0.2) is 38.0 Å². The Balaban J connectivity index is 1.93. The number of hydrogen-bond acceptors (Lipinski definition) is 4. The van der Waals surface area contributed by atoms with E-state index in [4.69, 9.17) is 0 Å². The van der Waals surface area contributed by atoms with Gasteiger partial charge in [-0.1, -0.05) is 12.1 Å². The van der Waals surface area contributed by atoms with E-state index in [9.17, 15) is 18.8 Å². The summed E-state index contributed by atoms with van der Waals surface area (Å²) in [4.78, 5) is 45.6. The topological polar surface area (TPSA) is 77.2 Å². The van der Waals surface area contributed by atoms with Crippen LogP contribution in [0.3, 0.4) is 0 Å². The van der Waals surface area contributed by atoms with Crippen LogP contribution in [0.5, 0.6) is 0 Å². The number of hydrogen-bond donors (Lipinski definition) is 0. The van der Waals surface area contributed by atoms with Crippen LogP contribution < -0.4 is 11.2 Å². The molecule has 4 rings (SSSR count). The lowest BCUT2D eigenvalue weighted by Crippen LogP contribution is -2.41. The number of fused-ring (bicyclic) bond motifs is 1. The first-order chi connectivity index (χ1) is 14.4. The zero-order chi connectivity index (χ0) is 21.4. The van der Waals surface area contributed by atoms with Crippen LogP contribution in [-0.2, 0) is 13.6 Å². The van der Waals surface area contributed by atoms with Crippen LogP contribution in [0, 0.1) is 12.7 Å². The van der Waals surface area contributed by atoms with E-state index in [1.54, 1.807) is 24.0 Å². The summed E-state index contributed by atoms with van der Waals surface area (Å²) in [6, 6.07) is 7.36. The third-order valence-corrected chi connectivity index (χ3v) is 5.53. The summed E-state index contributed by atoms with van der Waals surface area (Å²) < 4.78 is 15.9. The molecule has 3 aromatic rings. The highest BCUT2D eigenvalue weighted by Gasteiger charge is 2.25. The van der Waals surface area contributed by atoms with E-state index >= 15 is 0 Å². The first-order valence-electron chi connectivity index (χ1n) is 10.0. The Labute approximate surface area is 172 Å². The number of carbonyl (C=O) groups is 1. The van der Waals surface area contributed by atoms with E-state index in [0.717, 1.165) is 23.8 Å². The van der Waals surface area contributed by atoms with Gasteiger partial charge in [-0.15, -0.1) is 0 Å². The van der Waals surface area contributed by atoms with E-state index in [2.05, 4.69) is 4.98 Å². The number of nitrogens with zero attached hydrogens (tertiary/aromatic N) is 4. The van der Waals surface area contributed by atoms with Crippen LogP contribution in [0.2, 0.25) is 0 Å². The Morgan fingerprint density at radius 1 is 1.13 bits per heavy atom. The lowest BCUT2D eigenvalue weighted by molar-refractivity contribution is 0.0726. The van der Waals surface area contributed by atoms with Gasteiger partial charge < -0.3 is 4.90 Å². The highest BCUT2D eigenvalue weighted by atomic mass is 19.1. The van der Waals surface area contributed by atoms with Gasteiger partial charge in [0.25, 0.3) is 11.5 Å². The second kappa shape index (κ2) is 7.85. The standard InChI is InChI=1S/C22H23FN4O3/c1-14-11-17(20(28)26-9-4-3-5-10-26)18-19(24-14)25(2)22(30)27(21(18)29)13-15-7-6-8-16(23)12-15/h6-8,11-12H,3-5,9-10,13H2,1-2H3. The number of piperidine rings is 1. The molecular weight excluding hydrogens is 387 g/mol. The Bertz CT molecular complexity index is 1260. The van der Waals surface area contributed by atoms with Crippen molar-refractivity contribution >= 4 is 16.9 Å². The van der Waals surface area contributed by atoms with Gasteiger partial charge in [0.1, 0.15) is 11.5 Å². The molecule has 1 aliphatic heterocycles. The van der Waals surface area contributed by atoms with Crippen molar-refractivity contribution in [2.75, 3.05) is 13.1 Å². The first kappa shape index (κ1) is 20.0. The fraction of sp³-hybridized carbons (Fsp3) is 0.364. The van der Waals surface area contributed by atoms with Gasteiger partial charge in [0.05, 0.1) is 17.5 Å². The minimum atomic E-state index is -0.592. The highest BCUT2D eigenvalue weighted by molar-refractivity contribution is 6.05. The Hall–Kier alpha value is -3.29. The SMILES string of the molecule is Cc1cc(C(=O)N2CCCCC2)c2c(=O)n(Cc3cccc(F)c3)c(=O)n(C)c2n1. The zero-order valence-corrected chi connectivity index (χ0v) is 17.0. The molecule has 7 nitrogen and oxygen atoms in total. The minimum absolute atomic E-state index is 0.0928. The highest BCUT2D eigenvalue weighted by Crippen LogP contribution is 2.19. The molecule has 0 bridgehead atoms. The Kier molecular flexibility index (Phi) is 5.24. The van der Waals surface area contributed by atoms with E-state index in [-0.39, 0.29) is 29.0 Å². The molecule has 156 valence electrons. The molecule has 0 radical (unpaired) electrons. The van der Waals surface area contributed by atoms with Gasteiger partial charge in [-0.25, -0.2) is 14.2 Å². The number of likely N-dealkylation sites (tertiary alicyclic amines) is 1. The quantitative estimate of drug-likeness (QED) is 0.663. The number of amides is 1. The average molecular weight is 410 g/mol. The van der Waals surface area contributed by atoms with E-state index in [0.29, 0.717) is 24.3 Å². The van der Waals surface area contributed by atoms with E-state index in [1.807, 2.05) is 0 Å². The van der Waals surface area contributed by atoms with Crippen LogP contribution in [0.15, 0.2) is 39.9 Å². The van der Waals surface area contributed by atoms with Gasteiger partial charge in [-0.2, -0.15) is 0 Å². The maximum absolute atomic E-state index is 13.6. The molecule has 8 heteroatoms. The number of pyridine rings is 1. The maximum atomic E-state index is 13.6. The van der Waals surface area contributed by atoms with Crippen LogP contribution in [0.1, 0.15) is 40.9 Å². The van der Waals surface area contributed by atoms with Gasteiger partial charge in [-0.3, -0.25) is 18.7 Å². The van der Waals surface area contributed by atoms with Crippen molar-refractivity contribution in [3.05, 3.63) is 73.8 Å². The summed E-state index contributed by atoms with van der Waals surface area (Å²) in [5, 5.41) is 0.120. The maximum Gasteiger partial charge on any atom is 0.332 e. The largest absolute Gasteiger partial charge is 0.339 e. The summed E-state index contributed by atoms with van der Waals surface area (Å²) in [5.41, 5.74) is 0.322. The van der Waals surface area contributed by atoms with Crippen molar-refractivity contribution in [1.82, 2.24) is 19.0 Å². The van der Waals surface area contributed by atoms with Gasteiger partial charge in [-0.05, 0) is 49.9 Å². The molecule has 1 amide bonds. The molecule has 0 atom stereocenters. The van der Waals surface area contributed by atoms with E-state index in [1.165, 1.54) is 29.8 Å². The summed E-state index contributed by atoms with van der Waals surface area (Å²) in [5.74, 6) is -0.672. The van der Waals surface area contributed by atoms with Crippen molar-refractivity contribution in [3.63, 3.8) is 0 Å². The summed E-state index contributed by atoms with van der Waals surface area (Å²) in [6.45, 7) is 2.93. The second-order valence-corrected chi connectivity index (χ2v) is 7.73. The molecule has 1 fully saturated rings. The van der Waals surface area contributed by atoms with Gasteiger partial charge in [0, 0.05) is 25.8 Å². The molecule has 0 spiro atoms. The van der Waals surface area contributed by atoms with Crippen LogP contribution in [0.25, 0.3) is 11.0 Å². The minimum Gasteiger partial charge on any atom is -0.339 e. The number of benzene rings is 1. The molecule has 0 unspecified atom stereocenters. The van der Waals surface area contributed by atoms with Gasteiger partial charge >= 0.3 is 5.69 Å². The van der Waals surface area contributed by atoms with E-state index < -0.39 is 17.1 Å². The molecule has 0 saturated carbocycles. The second-order valence-electron chi connectivity index (χ2n) is 7.73. The summed E-state index contributed by atoms with van der Waals surface area (Å²) in [6.07, 6.45) is 2.93. The first-order valence-corrected chi connectivity index (χ1v) is 10.0. The molecule has 30 heavy (non-hydrogen) atoms. The lowest BCUT2D eigenvalue weighted by Gasteiger charge is -2.27. The van der Waals surface area contributed by atoms with Crippen molar-refractivity contribution in [2.24, 2.45) is 7.05 Å². The monoisotopic (exact) mass is 410 g/mol. The molecule has 0 N–H and O–H groups in total. The zero-order valence-electron chi connectivity index (χ0n) is 17.0. The third kappa shape index (κ3) is 3.53. The number of carbonyl (C=O) groups excluding carboxylic acids is 1. The number of rotatable bonds is 3. The number of halogens is 1. The molecule has 1 aromatic carbocycles. The Morgan fingerprint density at radius 3 is 2.57 bits per heavy atom. The van der Waals surface area contributed by atoms with Gasteiger partial charge in [0.15, 0.2) is 0 Å². The molecule has 0 aliphatic carbocycles. The summed E-state index contributed by atoms with van der Waals surface area (Å²) >= 11 is 0. The predicted molar refractivity (Wildman–Crippen MR) is 111 cm³/mol. The van der Waals surface area contributed by atoms with Gasteiger partial charge in [0.2, 0.25) is 0 Å². The molecular formula is C22H23FN4O3. The predicted octanol–water partition coefficient (Wildman–Crippen LogP) is 2.22. The Morgan fingerprint density at radius 2 is 1.87 bits per heavy atom. The normalized spacial score (nSPS) is 14.3. The fourth-order valence-corrected chi connectivity index (χ4v) is 4.00. The van der Waals surface area contributed by atoms with Crippen LogP contribution >= 0.6 is 0 Å². The number of aromatic nitrogens is 3. The molecule has 3 heterocycles. The smallest absolute Gasteiger partial charge is 0.332 e. The number of aryl methyl sites for hydroxylation is 2. The molecule has 1 aliphatic rings. The van der Waals surface area contributed by atoms with Crippen molar-refractivity contribution in [1.29, 1.82) is 0 Å². The third-order valence-electron chi connectivity index (χ3n) is 5.53. The van der Waals surface area contributed by atoms with Crippen molar-refractivity contribution in [2.45, 2.75) is 32.7 Å².